The van der Waals surface area contributed by atoms with E-state index >= 15 is 0 Å². The van der Waals surface area contributed by atoms with Gasteiger partial charge in [0.05, 0.1) is 0 Å². The van der Waals surface area contributed by atoms with Gasteiger partial charge in [-0.05, 0) is 35.9 Å². The standard InChI is InChI=1S/C16H13Cl2N3O2/c17-12-4-2-1-3-11(12)14-13(18)16(23)21(14)20-15(22)9-5-7-10(19)8-6-9/h1-8,13-14H,19H2,(H,20,22)/t13-,14-/m0/s1. The Morgan fingerprint density at radius 3 is 2.43 bits per heavy atom. The van der Waals surface area contributed by atoms with Crippen molar-refractivity contribution in [3.05, 3.63) is 64.7 Å². The molecule has 0 aromatic heterocycles. The number of nitrogen functional groups attached to an aromatic ring is 1. The van der Waals surface area contributed by atoms with Gasteiger partial charge in [-0.1, -0.05) is 29.8 Å². The highest BCUT2D eigenvalue weighted by atomic mass is 35.5. The number of carbonyl (C=O) groups is 2. The number of halogens is 2. The molecular formula is C16H13Cl2N3O2. The fourth-order valence-electron chi connectivity index (χ4n) is 2.40. The summed E-state index contributed by atoms with van der Waals surface area (Å²) in [4.78, 5) is 24.2. The molecule has 0 radical (unpaired) electrons. The SMILES string of the molecule is Nc1ccc(C(=O)NN2C(=O)[C@@H](Cl)[C@@H]2c2ccccc2Cl)cc1. The van der Waals surface area contributed by atoms with Gasteiger partial charge in [-0.3, -0.25) is 15.0 Å². The largest absolute Gasteiger partial charge is 0.399 e. The molecule has 2 aromatic rings. The molecule has 1 aliphatic rings. The molecule has 0 aliphatic carbocycles. The van der Waals surface area contributed by atoms with E-state index in [1.54, 1.807) is 48.5 Å². The molecule has 7 heteroatoms. The van der Waals surface area contributed by atoms with Gasteiger partial charge in [0.2, 0.25) is 0 Å². The molecule has 0 spiro atoms. The van der Waals surface area contributed by atoms with Gasteiger partial charge in [0.25, 0.3) is 11.8 Å². The van der Waals surface area contributed by atoms with E-state index in [0.29, 0.717) is 21.8 Å². The summed E-state index contributed by atoms with van der Waals surface area (Å²) in [6.45, 7) is 0. The summed E-state index contributed by atoms with van der Waals surface area (Å²) in [5.74, 6) is -0.792. The number of amides is 2. The maximum Gasteiger partial charge on any atom is 0.269 e. The van der Waals surface area contributed by atoms with E-state index in [0.717, 1.165) is 0 Å². The van der Waals surface area contributed by atoms with Gasteiger partial charge in [0, 0.05) is 16.3 Å². The third-order valence-corrected chi connectivity index (χ3v) is 4.42. The first kappa shape index (κ1) is 15.6. The van der Waals surface area contributed by atoms with Crippen molar-refractivity contribution in [1.29, 1.82) is 0 Å². The second kappa shape index (κ2) is 6.10. The monoisotopic (exact) mass is 349 g/mol. The topological polar surface area (TPSA) is 75.4 Å². The van der Waals surface area contributed by atoms with Crippen molar-refractivity contribution in [3.63, 3.8) is 0 Å². The number of alkyl halides is 1. The number of nitrogens with zero attached hydrogens (tertiary/aromatic N) is 1. The molecular weight excluding hydrogens is 337 g/mol. The highest BCUT2D eigenvalue weighted by molar-refractivity contribution is 6.35. The minimum Gasteiger partial charge on any atom is -0.399 e. The predicted octanol–water partition coefficient (Wildman–Crippen LogP) is 2.76. The van der Waals surface area contributed by atoms with E-state index in [1.165, 1.54) is 5.01 Å². The molecule has 2 atom stereocenters. The average Bonchev–Trinajstić information content (AvgIpc) is 2.56. The molecule has 0 unspecified atom stereocenters. The van der Waals surface area contributed by atoms with Crippen LogP contribution in [0.25, 0.3) is 0 Å². The summed E-state index contributed by atoms with van der Waals surface area (Å²) in [6.07, 6.45) is 0. The number of hydrazine groups is 1. The van der Waals surface area contributed by atoms with Crippen LogP contribution in [-0.4, -0.2) is 22.2 Å². The first-order valence-corrected chi connectivity index (χ1v) is 7.68. The predicted molar refractivity (Wildman–Crippen MR) is 89.0 cm³/mol. The molecule has 2 amide bonds. The second-order valence-electron chi connectivity index (χ2n) is 5.14. The lowest BCUT2D eigenvalue weighted by molar-refractivity contribution is -0.149. The van der Waals surface area contributed by atoms with Crippen molar-refractivity contribution in [2.45, 2.75) is 11.4 Å². The van der Waals surface area contributed by atoms with Crippen LogP contribution in [0.5, 0.6) is 0 Å². The van der Waals surface area contributed by atoms with Crippen LogP contribution in [-0.2, 0) is 4.79 Å². The van der Waals surface area contributed by atoms with Gasteiger partial charge in [-0.2, -0.15) is 0 Å². The van der Waals surface area contributed by atoms with Crippen LogP contribution in [0.3, 0.4) is 0 Å². The van der Waals surface area contributed by atoms with Crippen molar-refractivity contribution in [2.75, 3.05) is 5.73 Å². The minimum atomic E-state index is -0.762. The van der Waals surface area contributed by atoms with E-state index < -0.39 is 17.3 Å². The Hall–Kier alpha value is -2.24. The molecule has 0 saturated carbocycles. The van der Waals surface area contributed by atoms with Crippen LogP contribution in [0, 0.1) is 0 Å². The lowest BCUT2D eigenvalue weighted by Gasteiger charge is -2.44. The Labute approximate surface area is 142 Å². The maximum atomic E-state index is 12.3. The van der Waals surface area contributed by atoms with E-state index in [-0.39, 0.29) is 5.91 Å². The molecule has 1 heterocycles. The normalized spacial score (nSPS) is 20.1. The van der Waals surface area contributed by atoms with Gasteiger partial charge >= 0.3 is 0 Å². The number of carbonyl (C=O) groups excluding carboxylic acids is 2. The van der Waals surface area contributed by atoms with Crippen LogP contribution in [0.4, 0.5) is 5.69 Å². The lowest BCUT2D eigenvalue weighted by Crippen LogP contribution is -2.63. The van der Waals surface area contributed by atoms with E-state index in [9.17, 15) is 9.59 Å². The van der Waals surface area contributed by atoms with Gasteiger partial charge in [-0.25, -0.2) is 5.01 Å². The van der Waals surface area contributed by atoms with Crippen molar-refractivity contribution in [3.8, 4) is 0 Å². The van der Waals surface area contributed by atoms with Crippen LogP contribution in [0.1, 0.15) is 22.0 Å². The highest BCUT2D eigenvalue weighted by Gasteiger charge is 2.49. The fourth-order valence-corrected chi connectivity index (χ4v) is 3.00. The molecule has 2 aromatic carbocycles. The van der Waals surface area contributed by atoms with E-state index in [1.807, 2.05) is 0 Å². The fraction of sp³-hybridized carbons (Fsp3) is 0.125. The van der Waals surface area contributed by atoms with Crippen molar-refractivity contribution in [1.82, 2.24) is 10.4 Å². The minimum absolute atomic E-state index is 0.375. The summed E-state index contributed by atoms with van der Waals surface area (Å²) < 4.78 is 0. The van der Waals surface area contributed by atoms with Crippen LogP contribution in [0.2, 0.25) is 5.02 Å². The molecule has 118 valence electrons. The first-order valence-electron chi connectivity index (χ1n) is 6.87. The van der Waals surface area contributed by atoms with E-state index in [2.05, 4.69) is 5.43 Å². The molecule has 0 bridgehead atoms. The zero-order valence-corrected chi connectivity index (χ0v) is 13.4. The molecule has 1 saturated heterocycles. The zero-order valence-electron chi connectivity index (χ0n) is 11.9. The third kappa shape index (κ3) is 2.85. The zero-order chi connectivity index (χ0) is 16.6. The van der Waals surface area contributed by atoms with E-state index in [4.69, 9.17) is 28.9 Å². The van der Waals surface area contributed by atoms with Crippen LogP contribution < -0.4 is 11.2 Å². The Morgan fingerprint density at radius 2 is 1.78 bits per heavy atom. The first-order chi connectivity index (χ1) is 11.0. The number of rotatable bonds is 3. The Morgan fingerprint density at radius 1 is 1.13 bits per heavy atom. The van der Waals surface area contributed by atoms with Gasteiger partial charge in [-0.15, -0.1) is 11.6 Å². The summed E-state index contributed by atoms with van der Waals surface area (Å²) >= 11 is 12.3. The molecule has 5 nitrogen and oxygen atoms in total. The number of nitrogens with two attached hydrogens (primary N) is 1. The van der Waals surface area contributed by atoms with Crippen LogP contribution >= 0.6 is 23.2 Å². The second-order valence-corrected chi connectivity index (χ2v) is 6.02. The number of hydrogen-bond donors (Lipinski definition) is 2. The van der Waals surface area contributed by atoms with Gasteiger partial charge in [0.1, 0.15) is 11.4 Å². The molecule has 1 aliphatic heterocycles. The third-order valence-electron chi connectivity index (χ3n) is 3.65. The maximum absolute atomic E-state index is 12.3. The number of benzene rings is 2. The molecule has 23 heavy (non-hydrogen) atoms. The molecule has 3 rings (SSSR count). The Bertz CT molecular complexity index is 764. The van der Waals surface area contributed by atoms with Crippen molar-refractivity contribution in [2.24, 2.45) is 0 Å². The quantitative estimate of drug-likeness (QED) is 0.508. The van der Waals surface area contributed by atoms with Gasteiger partial charge in [0.15, 0.2) is 0 Å². The summed E-state index contributed by atoms with van der Waals surface area (Å²) in [7, 11) is 0. The number of β-lactam (4-membered cyclic amide) rings is 1. The summed E-state index contributed by atoms with van der Waals surface area (Å²) in [5, 5.41) is 0.932. The lowest BCUT2D eigenvalue weighted by atomic mass is 9.95. The van der Waals surface area contributed by atoms with Crippen molar-refractivity contribution >= 4 is 40.7 Å². The highest BCUT2D eigenvalue weighted by Crippen LogP contribution is 2.40. The number of hydrogen-bond acceptors (Lipinski definition) is 3. The number of nitrogens with one attached hydrogen (secondary N) is 1. The Kier molecular flexibility index (Phi) is 4.15. The molecule has 3 N–H and O–H groups in total. The van der Waals surface area contributed by atoms with Crippen molar-refractivity contribution < 1.29 is 9.59 Å². The smallest absolute Gasteiger partial charge is 0.269 e. The summed E-state index contributed by atoms with van der Waals surface area (Å²) in [5.41, 5.74) is 9.79. The van der Waals surface area contributed by atoms with Gasteiger partial charge < -0.3 is 5.73 Å². The number of anilines is 1. The average molecular weight is 350 g/mol. The Balaban J connectivity index is 1.81. The summed E-state index contributed by atoms with van der Waals surface area (Å²) in [6, 6.07) is 13.0. The molecule has 1 fully saturated rings. The van der Waals surface area contributed by atoms with Crippen LogP contribution in [0.15, 0.2) is 48.5 Å².